The third kappa shape index (κ3) is 12.0. The second-order valence-corrected chi connectivity index (χ2v) is 9.22. The van der Waals surface area contributed by atoms with Gasteiger partial charge in [-0.2, -0.15) is 0 Å². The second kappa shape index (κ2) is 17.2. The van der Waals surface area contributed by atoms with Gasteiger partial charge in [-0.3, -0.25) is 19.9 Å². The van der Waals surface area contributed by atoms with Crippen LogP contribution < -0.4 is 4.74 Å². The molecule has 36 heavy (non-hydrogen) atoms. The van der Waals surface area contributed by atoms with E-state index in [2.05, 4.69) is 11.9 Å². The average molecular weight is 497 g/mol. The minimum atomic E-state index is -0.474. The molecular formula is C29H40N2O5. The number of hydrogen-bond acceptors (Lipinski definition) is 6. The van der Waals surface area contributed by atoms with Crippen molar-refractivity contribution in [3.8, 4) is 11.5 Å². The van der Waals surface area contributed by atoms with Crippen LogP contribution in [-0.2, 0) is 4.79 Å². The molecular weight excluding hydrogens is 456 g/mol. The molecule has 0 saturated carbocycles. The molecule has 2 aromatic carbocycles. The number of carbonyl (C=O) groups is 1. The molecule has 1 N–H and O–H groups in total. The zero-order chi connectivity index (χ0) is 26.0. The summed E-state index contributed by atoms with van der Waals surface area (Å²) in [6, 6.07) is 10.4. The maximum absolute atomic E-state index is 12.1. The van der Waals surface area contributed by atoms with E-state index in [-0.39, 0.29) is 17.4 Å². The van der Waals surface area contributed by atoms with E-state index < -0.39 is 4.92 Å². The van der Waals surface area contributed by atoms with Crippen LogP contribution in [0, 0.1) is 10.1 Å². The Morgan fingerprint density at radius 3 is 1.97 bits per heavy atom. The topological polar surface area (TPSA) is 102 Å². The second-order valence-electron chi connectivity index (χ2n) is 9.22. The maximum atomic E-state index is 12.1. The van der Waals surface area contributed by atoms with Gasteiger partial charge < -0.3 is 9.84 Å². The van der Waals surface area contributed by atoms with Crippen molar-refractivity contribution < 1.29 is 19.6 Å². The number of esters is 1. The molecule has 0 amide bonds. The van der Waals surface area contributed by atoms with Crippen LogP contribution >= 0.6 is 0 Å². The Bertz CT molecular complexity index is 957. The third-order valence-corrected chi connectivity index (χ3v) is 6.13. The number of rotatable bonds is 18. The third-order valence-electron chi connectivity index (χ3n) is 6.13. The molecule has 0 aliphatic heterocycles. The number of nitrogens with zero attached hydrogens (tertiary/aromatic N) is 2. The van der Waals surface area contributed by atoms with E-state index in [1.165, 1.54) is 101 Å². The molecule has 0 heterocycles. The van der Waals surface area contributed by atoms with Crippen molar-refractivity contribution in [2.75, 3.05) is 0 Å². The number of nitro groups is 1. The summed E-state index contributed by atoms with van der Waals surface area (Å²) >= 11 is 0. The molecule has 0 aliphatic carbocycles. The van der Waals surface area contributed by atoms with Crippen LogP contribution in [0.1, 0.15) is 102 Å². The van der Waals surface area contributed by atoms with Crippen molar-refractivity contribution in [2.45, 2.75) is 96.8 Å². The van der Waals surface area contributed by atoms with Crippen molar-refractivity contribution in [1.82, 2.24) is 0 Å². The molecule has 7 nitrogen and oxygen atoms in total. The lowest BCUT2D eigenvalue weighted by Gasteiger charge is -2.06. The van der Waals surface area contributed by atoms with Crippen molar-refractivity contribution in [3.05, 3.63) is 58.1 Å². The Labute approximate surface area is 214 Å². The van der Waals surface area contributed by atoms with Gasteiger partial charge in [0.2, 0.25) is 0 Å². The lowest BCUT2D eigenvalue weighted by Crippen LogP contribution is -2.07. The summed E-state index contributed by atoms with van der Waals surface area (Å²) in [5.41, 5.74) is 0.958. The SMILES string of the molecule is CCCCCCCCCCCCCCCC(=O)Oc1ccc(C=Nc2ccc([N+](=O)[O-])cc2)c(O)c1. The summed E-state index contributed by atoms with van der Waals surface area (Å²) in [5.74, 6) is -0.0728. The molecule has 0 bridgehead atoms. The Kier molecular flexibility index (Phi) is 13.9. The number of aromatic hydroxyl groups is 1. The van der Waals surface area contributed by atoms with Crippen LogP contribution in [0.3, 0.4) is 0 Å². The molecule has 196 valence electrons. The van der Waals surface area contributed by atoms with Crippen molar-refractivity contribution in [1.29, 1.82) is 0 Å². The smallest absolute Gasteiger partial charge is 0.311 e. The number of aliphatic imine (C=N–C) groups is 1. The minimum Gasteiger partial charge on any atom is -0.507 e. The maximum Gasteiger partial charge on any atom is 0.311 e. The predicted octanol–water partition coefficient (Wildman–Crippen LogP) is 8.44. The highest BCUT2D eigenvalue weighted by Gasteiger charge is 2.08. The highest BCUT2D eigenvalue weighted by Crippen LogP contribution is 2.24. The lowest BCUT2D eigenvalue weighted by molar-refractivity contribution is -0.384. The monoisotopic (exact) mass is 496 g/mol. The molecule has 0 aromatic heterocycles. The normalized spacial score (nSPS) is 11.1. The predicted molar refractivity (Wildman–Crippen MR) is 144 cm³/mol. The number of phenols is 1. The van der Waals surface area contributed by atoms with Crippen LogP contribution in [0.2, 0.25) is 0 Å². The summed E-state index contributed by atoms with van der Waals surface area (Å²) < 4.78 is 5.35. The molecule has 7 heteroatoms. The zero-order valence-corrected chi connectivity index (χ0v) is 21.5. The molecule has 0 saturated heterocycles. The first kappa shape index (κ1) is 29.0. The van der Waals surface area contributed by atoms with Gasteiger partial charge in [0.15, 0.2) is 0 Å². The standard InChI is InChI=1S/C29H40N2O5/c1-2-3-4-5-6-7-8-9-10-11-12-13-14-15-29(33)36-27-21-16-24(28(32)22-27)23-30-25-17-19-26(20-18-25)31(34)35/h16-23,32H,2-15H2,1H3. The van der Waals surface area contributed by atoms with Gasteiger partial charge in [0.05, 0.1) is 10.6 Å². The van der Waals surface area contributed by atoms with Gasteiger partial charge in [0.1, 0.15) is 11.5 Å². The van der Waals surface area contributed by atoms with E-state index in [1.807, 2.05) is 0 Å². The summed E-state index contributed by atoms with van der Waals surface area (Å²) in [6.07, 6.45) is 18.1. The summed E-state index contributed by atoms with van der Waals surface area (Å²) in [4.78, 5) is 26.6. The number of unbranched alkanes of at least 4 members (excludes halogenated alkanes) is 12. The molecule has 2 aromatic rings. The average Bonchev–Trinajstić information content (AvgIpc) is 2.86. The Morgan fingerprint density at radius 2 is 1.44 bits per heavy atom. The van der Waals surface area contributed by atoms with Crippen molar-refractivity contribution >= 4 is 23.6 Å². The Hall–Kier alpha value is -3.22. The van der Waals surface area contributed by atoms with Crippen LogP contribution in [0.25, 0.3) is 0 Å². The summed E-state index contributed by atoms with van der Waals surface area (Å²) in [6.45, 7) is 2.25. The van der Waals surface area contributed by atoms with E-state index in [9.17, 15) is 20.0 Å². The number of non-ortho nitro benzene ring substituents is 1. The molecule has 2 rings (SSSR count). The van der Waals surface area contributed by atoms with E-state index in [0.717, 1.165) is 19.3 Å². The lowest BCUT2D eigenvalue weighted by atomic mass is 10.0. The van der Waals surface area contributed by atoms with E-state index >= 15 is 0 Å². The van der Waals surface area contributed by atoms with Gasteiger partial charge in [-0.25, -0.2) is 0 Å². The number of phenolic OH excluding ortho intramolecular Hbond substituents is 1. The van der Waals surface area contributed by atoms with Gasteiger partial charge in [0, 0.05) is 36.4 Å². The molecule has 0 unspecified atom stereocenters. The minimum absolute atomic E-state index is 0.0123. The number of nitro benzene ring substituents is 1. The van der Waals surface area contributed by atoms with E-state index in [4.69, 9.17) is 4.74 Å². The fraction of sp³-hybridized carbons (Fsp3) is 0.517. The summed E-state index contributed by atoms with van der Waals surface area (Å²) in [5, 5.41) is 20.9. The first-order valence-electron chi connectivity index (χ1n) is 13.3. The largest absolute Gasteiger partial charge is 0.507 e. The van der Waals surface area contributed by atoms with Gasteiger partial charge in [-0.05, 0) is 30.7 Å². The number of carbonyl (C=O) groups excluding carboxylic acids is 1. The highest BCUT2D eigenvalue weighted by atomic mass is 16.6. The van der Waals surface area contributed by atoms with Crippen LogP contribution in [0.15, 0.2) is 47.5 Å². The van der Waals surface area contributed by atoms with Gasteiger partial charge >= 0.3 is 5.97 Å². The fourth-order valence-corrected chi connectivity index (χ4v) is 3.97. The van der Waals surface area contributed by atoms with Crippen LogP contribution in [0.5, 0.6) is 11.5 Å². The molecule has 0 spiro atoms. The molecule has 0 radical (unpaired) electrons. The zero-order valence-electron chi connectivity index (χ0n) is 21.5. The summed E-state index contributed by atoms with van der Waals surface area (Å²) in [7, 11) is 0. The quantitative estimate of drug-likeness (QED) is 0.0557. The number of ether oxygens (including phenoxy) is 1. The molecule has 0 aliphatic rings. The molecule has 0 fully saturated rings. The fourth-order valence-electron chi connectivity index (χ4n) is 3.97. The highest BCUT2D eigenvalue weighted by molar-refractivity contribution is 5.86. The first-order valence-corrected chi connectivity index (χ1v) is 13.3. The Balaban J connectivity index is 1.59. The van der Waals surface area contributed by atoms with Crippen molar-refractivity contribution in [2.24, 2.45) is 4.99 Å². The van der Waals surface area contributed by atoms with E-state index in [0.29, 0.717) is 23.4 Å². The number of benzene rings is 2. The number of hydrogen-bond donors (Lipinski definition) is 1. The van der Waals surface area contributed by atoms with Gasteiger partial charge in [-0.15, -0.1) is 0 Å². The van der Waals surface area contributed by atoms with Crippen LogP contribution in [-0.4, -0.2) is 22.2 Å². The van der Waals surface area contributed by atoms with Gasteiger partial charge in [0.25, 0.3) is 5.69 Å². The van der Waals surface area contributed by atoms with Crippen LogP contribution in [0.4, 0.5) is 11.4 Å². The first-order chi connectivity index (χ1) is 17.5. The van der Waals surface area contributed by atoms with Crippen molar-refractivity contribution in [3.63, 3.8) is 0 Å². The van der Waals surface area contributed by atoms with Gasteiger partial charge in [-0.1, -0.05) is 84.0 Å². The Morgan fingerprint density at radius 1 is 0.889 bits per heavy atom. The molecule has 0 atom stereocenters. The van der Waals surface area contributed by atoms with E-state index in [1.54, 1.807) is 12.1 Å².